The van der Waals surface area contributed by atoms with Gasteiger partial charge in [-0.25, -0.2) is 0 Å². The lowest BCUT2D eigenvalue weighted by molar-refractivity contribution is 0.0723. The Morgan fingerprint density at radius 1 is 0.971 bits per heavy atom. The topological polar surface area (TPSA) is 54.3 Å². The van der Waals surface area contributed by atoms with Crippen LogP contribution in [0.5, 0.6) is 0 Å². The monoisotopic (exact) mass is 455 g/mol. The molecule has 2 aromatic carbocycles. The maximum Gasteiger partial charge on any atom is 0.271 e. The van der Waals surface area contributed by atoms with Gasteiger partial charge in [0.25, 0.3) is 11.8 Å². The third-order valence-electron chi connectivity index (χ3n) is 7.33. The highest BCUT2D eigenvalue weighted by atomic mass is 16.2. The highest BCUT2D eigenvalue weighted by Gasteiger charge is 2.34. The standard InChI is InChI=1S/C29H33N3O2/c1-2-24(21-12-5-3-6-13-21)30-28(33)23-20-27(31-18-10-9-16-26(23)31)29(34)32-19-11-17-25(32)22-14-7-4-8-15-22/h3-8,12-15,20,24-25H,2,9-11,16-19H2,1H3,(H,30,33). The number of benzene rings is 2. The molecule has 1 N–H and O–H groups in total. The largest absolute Gasteiger partial charge is 0.345 e. The molecule has 2 aliphatic rings. The molecule has 1 fully saturated rings. The Morgan fingerprint density at radius 2 is 1.71 bits per heavy atom. The zero-order chi connectivity index (χ0) is 23.5. The number of hydrogen-bond donors (Lipinski definition) is 1. The van der Waals surface area contributed by atoms with Gasteiger partial charge in [-0.1, -0.05) is 67.6 Å². The number of hydrogen-bond acceptors (Lipinski definition) is 2. The molecule has 0 spiro atoms. The molecule has 1 aromatic heterocycles. The molecule has 0 aliphatic carbocycles. The van der Waals surface area contributed by atoms with E-state index in [1.54, 1.807) is 0 Å². The highest BCUT2D eigenvalue weighted by molar-refractivity contribution is 6.01. The van der Waals surface area contributed by atoms with E-state index in [1.807, 2.05) is 47.4 Å². The van der Waals surface area contributed by atoms with E-state index >= 15 is 0 Å². The number of rotatable bonds is 6. The highest BCUT2D eigenvalue weighted by Crippen LogP contribution is 2.34. The molecule has 2 amide bonds. The van der Waals surface area contributed by atoms with Crippen LogP contribution >= 0.6 is 0 Å². The molecule has 0 radical (unpaired) electrons. The summed E-state index contributed by atoms with van der Waals surface area (Å²) in [6.45, 7) is 3.63. The fraction of sp³-hybridized carbons (Fsp3) is 0.379. The van der Waals surface area contributed by atoms with E-state index in [0.29, 0.717) is 11.3 Å². The van der Waals surface area contributed by atoms with Gasteiger partial charge < -0.3 is 14.8 Å². The normalized spacial score (nSPS) is 18.4. The number of aromatic nitrogens is 1. The molecular formula is C29H33N3O2. The van der Waals surface area contributed by atoms with E-state index in [9.17, 15) is 9.59 Å². The number of carbonyl (C=O) groups is 2. The summed E-state index contributed by atoms with van der Waals surface area (Å²) in [6, 6.07) is 22.3. The molecule has 1 saturated heterocycles. The summed E-state index contributed by atoms with van der Waals surface area (Å²) in [5, 5.41) is 3.23. The molecule has 0 saturated carbocycles. The fourth-order valence-electron chi connectivity index (χ4n) is 5.57. The van der Waals surface area contributed by atoms with Crippen LogP contribution in [-0.2, 0) is 13.0 Å². The molecule has 0 bridgehead atoms. The van der Waals surface area contributed by atoms with Crippen molar-refractivity contribution in [3.8, 4) is 0 Å². The Labute approximate surface area is 201 Å². The molecule has 2 aliphatic heterocycles. The van der Waals surface area contributed by atoms with Gasteiger partial charge in [0.05, 0.1) is 17.6 Å². The maximum absolute atomic E-state index is 13.8. The number of carbonyl (C=O) groups excluding carboxylic acids is 2. The van der Waals surface area contributed by atoms with Gasteiger partial charge in [0, 0.05) is 18.8 Å². The van der Waals surface area contributed by atoms with Crippen molar-refractivity contribution in [1.82, 2.24) is 14.8 Å². The van der Waals surface area contributed by atoms with Crippen LogP contribution in [0.3, 0.4) is 0 Å². The van der Waals surface area contributed by atoms with Crippen molar-refractivity contribution in [1.29, 1.82) is 0 Å². The van der Waals surface area contributed by atoms with Gasteiger partial charge in [0.15, 0.2) is 0 Å². The van der Waals surface area contributed by atoms with Gasteiger partial charge in [0.1, 0.15) is 5.69 Å². The zero-order valence-corrected chi connectivity index (χ0v) is 19.9. The first-order valence-electron chi connectivity index (χ1n) is 12.6. The van der Waals surface area contributed by atoms with Crippen molar-refractivity contribution in [2.75, 3.05) is 6.54 Å². The lowest BCUT2D eigenvalue weighted by Gasteiger charge is -2.26. The number of fused-ring (bicyclic) bond motifs is 1. The van der Waals surface area contributed by atoms with Gasteiger partial charge in [0.2, 0.25) is 0 Å². The number of likely N-dealkylation sites (tertiary alicyclic amines) is 1. The van der Waals surface area contributed by atoms with Crippen LogP contribution in [0.25, 0.3) is 0 Å². The van der Waals surface area contributed by atoms with E-state index in [0.717, 1.165) is 62.9 Å². The van der Waals surface area contributed by atoms with E-state index in [2.05, 4.69) is 41.1 Å². The van der Waals surface area contributed by atoms with Crippen molar-refractivity contribution in [3.63, 3.8) is 0 Å². The van der Waals surface area contributed by atoms with Crippen LogP contribution in [-0.4, -0.2) is 27.8 Å². The third-order valence-corrected chi connectivity index (χ3v) is 7.33. The van der Waals surface area contributed by atoms with Crippen LogP contribution in [0.4, 0.5) is 0 Å². The molecule has 2 atom stereocenters. The summed E-state index contributed by atoms with van der Waals surface area (Å²) in [7, 11) is 0. The Bertz CT molecular complexity index is 1150. The van der Waals surface area contributed by atoms with Crippen molar-refractivity contribution in [2.45, 2.75) is 64.1 Å². The number of nitrogens with zero attached hydrogens (tertiary/aromatic N) is 2. The maximum atomic E-state index is 13.8. The Balaban J connectivity index is 1.44. The molecule has 5 rings (SSSR count). The van der Waals surface area contributed by atoms with Gasteiger partial charge >= 0.3 is 0 Å². The Hall–Kier alpha value is -3.34. The first kappa shape index (κ1) is 22.5. The first-order valence-corrected chi connectivity index (χ1v) is 12.6. The molecule has 176 valence electrons. The molecule has 34 heavy (non-hydrogen) atoms. The van der Waals surface area contributed by atoms with Crippen molar-refractivity contribution in [3.05, 3.63) is 94.8 Å². The zero-order valence-electron chi connectivity index (χ0n) is 19.9. The average molecular weight is 456 g/mol. The second-order valence-electron chi connectivity index (χ2n) is 9.41. The summed E-state index contributed by atoms with van der Waals surface area (Å²) in [5.74, 6) is -0.0370. The third kappa shape index (κ3) is 4.27. The number of amides is 2. The Kier molecular flexibility index (Phi) is 6.52. The Morgan fingerprint density at radius 3 is 2.44 bits per heavy atom. The quantitative estimate of drug-likeness (QED) is 0.520. The second-order valence-corrected chi connectivity index (χ2v) is 9.41. The minimum atomic E-state index is -0.0820. The van der Waals surface area contributed by atoms with Gasteiger partial charge in [-0.15, -0.1) is 0 Å². The molecular weight excluding hydrogens is 422 g/mol. The summed E-state index contributed by atoms with van der Waals surface area (Å²) in [4.78, 5) is 29.3. The van der Waals surface area contributed by atoms with Crippen LogP contribution in [0.15, 0.2) is 66.7 Å². The van der Waals surface area contributed by atoms with Crippen LogP contribution in [0.2, 0.25) is 0 Å². The minimum Gasteiger partial charge on any atom is -0.345 e. The van der Waals surface area contributed by atoms with Crippen LogP contribution in [0, 0.1) is 0 Å². The van der Waals surface area contributed by atoms with Crippen molar-refractivity contribution < 1.29 is 9.59 Å². The summed E-state index contributed by atoms with van der Waals surface area (Å²) in [6.07, 6.45) is 5.70. The summed E-state index contributed by atoms with van der Waals surface area (Å²) in [5.41, 5.74) is 4.62. The lowest BCUT2D eigenvalue weighted by Crippen LogP contribution is -2.32. The fourth-order valence-corrected chi connectivity index (χ4v) is 5.57. The van der Waals surface area contributed by atoms with Gasteiger partial charge in [-0.3, -0.25) is 9.59 Å². The lowest BCUT2D eigenvalue weighted by atomic mass is 10.0. The van der Waals surface area contributed by atoms with E-state index in [4.69, 9.17) is 0 Å². The smallest absolute Gasteiger partial charge is 0.271 e. The van der Waals surface area contributed by atoms with E-state index in [-0.39, 0.29) is 23.9 Å². The van der Waals surface area contributed by atoms with Gasteiger partial charge in [-0.05, 0) is 55.7 Å². The summed E-state index contributed by atoms with van der Waals surface area (Å²) >= 11 is 0. The average Bonchev–Trinajstić information content (AvgIpc) is 3.53. The second kappa shape index (κ2) is 9.88. The predicted octanol–water partition coefficient (Wildman–Crippen LogP) is 5.68. The van der Waals surface area contributed by atoms with E-state index < -0.39 is 0 Å². The minimum absolute atomic E-state index is 0.0450. The first-order chi connectivity index (χ1) is 16.7. The number of nitrogens with one attached hydrogen (secondary N) is 1. The van der Waals surface area contributed by atoms with Crippen molar-refractivity contribution in [2.24, 2.45) is 0 Å². The molecule has 2 unspecified atom stereocenters. The SMILES string of the molecule is CCC(NC(=O)c1cc(C(=O)N2CCCC2c2ccccc2)n2c1CCCC2)c1ccccc1. The molecule has 3 aromatic rings. The molecule has 5 nitrogen and oxygen atoms in total. The molecule has 5 heteroatoms. The molecule has 3 heterocycles. The summed E-state index contributed by atoms with van der Waals surface area (Å²) < 4.78 is 2.12. The predicted molar refractivity (Wildman–Crippen MR) is 134 cm³/mol. The van der Waals surface area contributed by atoms with Crippen molar-refractivity contribution >= 4 is 11.8 Å². The van der Waals surface area contributed by atoms with Crippen LogP contribution in [0.1, 0.15) is 88.8 Å². The van der Waals surface area contributed by atoms with E-state index in [1.165, 1.54) is 5.56 Å². The van der Waals surface area contributed by atoms with Gasteiger partial charge in [-0.2, -0.15) is 0 Å². The van der Waals surface area contributed by atoms with Crippen LogP contribution < -0.4 is 5.32 Å².